The molecule has 0 aliphatic carbocycles. The first-order valence-electron chi connectivity index (χ1n) is 27.5. The Morgan fingerprint density at radius 2 is 0.756 bits per heavy atom. The zero-order valence-corrected chi connectivity index (χ0v) is 48.1. The summed E-state index contributed by atoms with van der Waals surface area (Å²) in [6, 6.07) is 72.7. The van der Waals surface area contributed by atoms with Crippen molar-refractivity contribution in [1.82, 2.24) is 34.9 Å². The summed E-state index contributed by atoms with van der Waals surface area (Å²) in [7, 11) is 0. The van der Waals surface area contributed by atoms with Crippen LogP contribution in [0.4, 0.5) is 0 Å². The molecule has 7 nitrogen and oxygen atoms in total. The van der Waals surface area contributed by atoms with Crippen molar-refractivity contribution in [3.63, 3.8) is 0 Å². The molecule has 82 heavy (non-hydrogen) atoms. The number of nitrogens with zero attached hydrogens (tertiary/aromatic N) is 7. The zero-order chi connectivity index (χ0) is 57.5. The Bertz CT molecular complexity index is 3940. The predicted octanol–water partition coefficient (Wildman–Crippen LogP) is 19.2. The Morgan fingerprint density at radius 1 is 0.232 bits per heavy atom. The van der Waals surface area contributed by atoms with E-state index in [1.165, 1.54) is 98.0 Å². The monoisotopic (exact) mass is 1070 g/mol. The van der Waals surface area contributed by atoms with Gasteiger partial charge < -0.3 is 0 Å². The summed E-state index contributed by atoms with van der Waals surface area (Å²) in [6.45, 7) is 16.6. The predicted molar refractivity (Wildman–Crippen MR) is 348 cm³/mol. The van der Waals surface area contributed by atoms with Crippen LogP contribution in [0.15, 0.2) is 274 Å². The van der Waals surface area contributed by atoms with Gasteiger partial charge in [-0.3, -0.25) is 34.9 Å². The van der Waals surface area contributed by atoms with Crippen LogP contribution in [0.1, 0.15) is 44.8 Å². The SMILES string of the molecule is Cc1ccc2ccc3cccc4ccc1c2c34.Cc1cccc2cnccc12.Cc1cccc2ncccc12.Cc1ccccn1.Cc1cccnc1.Cc1ccnc2ccccc12.Cc1ccncc1.Cc1nccc2ccccc12. The lowest BCUT2D eigenvalue weighted by atomic mass is 9.92. The van der Waals surface area contributed by atoms with E-state index in [4.69, 9.17) is 0 Å². The number of fused-ring (bicyclic) bond motifs is 4. The summed E-state index contributed by atoms with van der Waals surface area (Å²) in [6.07, 6.45) is 18.2. The summed E-state index contributed by atoms with van der Waals surface area (Å²) in [5, 5.41) is 15.7. The first kappa shape index (κ1) is 58.0. The lowest BCUT2D eigenvalue weighted by molar-refractivity contribution is 1.20. The van der Waals surface area contributed by atoms with E-state index < -0.39 is 0 Å². The summed E-state index contributed by atoms with van der Waals surface area (Å²) < 4.78 is 0. The van der Waals surface area contributed by atoms with Crippen LogP contribution in [0.3, 0.4) is 0 Å². The summed E-state index contributed by atoms with van der Waals surface area (Å²) in [5.74, 6) is 0. The third kappa shape index (κ3) is 16.2. The highest BCUT2D eigenvalue weighted by molar-refractivity contribution is 6.23. The Hall–Kier alpha value is -10.1. The molecule has 0 aliphatic heterocycles. The maximum Gasteiger partial charge on any atom is 0.0704 e. The molecule has 0 atom stereocenters. The van der Waals surface area contributed by atoms with Crippen LogP contribution < -0.4 is 0 Å². The Morgan fingerprint density at radius 3 is 1.39 bits per heavy atom. The van der Waals surface area contributed by atoms with E-state index >= 15 is 0 Å². The Balaban J connectivity index is 0.000000125. The van der Waals surface area contributed by atoms with Crippen LogP contribution in [0.25, 0.3) is 75.7 Å². The van der Waals surface area contributed by atoms with Gasteiger partial charge in [-0.15, -0.1) is 0 Å². The van der Waals surface area contributed by atoms with Crippen molar-refractivity contribution in [2.75, 3.05) is 0 Å². The van der Waals surface area contributed by atoms with Gasteiger partial charge in [-0.2, -0.15) is 0 Å². The number of pyridine rings is 7. The van der Waals surface area contributed by atoms with Crippen LogP contribution in [0, 0.1) is 55.4 Å². The topological polar surface area (TPSA) is 90.2 Å². The number of hydrogen-bond acceptors (Lipinski definition) is 7. The van der Waals surface area contributed by atoms with E-state index in [0.717, 1.165) is 22.4 Å². The Kier molecular flexibility index (Phi) is 21.1. The first-order chi connectivity index (χ1) is 40.0. The van der Waals surface area contributed by atoms with E-state index in [1.807, 2.05) is 174 Å². The van der Waals surface area contributed by atoms with Crippen molar-refractivity contribution >= 4 is 75.7 Å². The van der Waals surface area contributed by atoms with Gasteiger partial charge in [0.25, 0.3) is 0 Å². The quantitative estimate of drug-likeness (QED) is 0.140. The van der Waals surface area contributed by atoms with Gasteiger partial charge in [0, 0.05) is 94.9 Å². The van der Waals surface area contributed by atoms with Crippen molar-refractivity contribution in [2.45, 2.75) is 55.4 Å². The lowest BCUT2D eigenvalue weighted by Gasteiger charge is -2.11. The average molecular weight is 1070 g/mol. The highest BCUT2D eigenvalue weighted by Gasteiger charge is 2.08. The lowest BCUT2D eigenvalue weighted by Crippen LogP contribution is -1.85. The van der Waals surface area contributed by atoms with Gasteiger partial charge in [0.05, 0.1) is 11.0 Å². The molecule has 0 saturated carbocycles. The van der Waals surface area contributed by atoms with E-state index in [0.29, 0.717) is 0 Å². The molecule has 7 heterocycles. The van der Waals surface area contributed by atoms with Crippen LogP contribution in [0.2, 0.25) is 0 Å². The molecule has 0 spiro atoms. The number of benzene rings is 8. The van der Waals surface area contributed by atoms with Gasteiger partial charge in [0.15, 0.2) is 0 Å². The van der Waals surface area contributed by atoms with Gasteiger partial charge in [0.2, 0.25) is 0 Å². The van der Waals surface area contributed by atoms with Crippen LogP contribution in [-0.4, -0.2) is 34.9 Å². The molecule has 0 bridgehead atoms. The molecule has 0 radical (unpaired) electrons. The molecule has 0 saturated heterocycles. The number of aromatic nitrogens is 7. The highest BCUT2D eigenvalue weighted by atomic mass is 14.7. The van der Waals surface area contributed by atoms with E-state index in [-0.39, 0.29) is 0 Å². The maximum atomic E-state index is 4.24. The van der Waals surface area contributed by atoms with Crippen molar-refractivity contribution in [3.8, 4) is 0 Å². The van der Waals surface area contributed by atoms with Crippen LogP contribution in [-0.2, 0) is 0 Å². The third-order valence-corrected chi connectivity index (χ3v) is 13.7. The van der Waals surface area contributed by atoms with Crippen molar-refractivity contribution in [1.29, 1.82) is 0 Å². The van der Waals surface area contributed by atoms with Gasteiger partial charge >= 0.3 is 0 Å². The summed E-state index contributed by atoms with van der Waals surface area (Å²) in [4.78, 5) is 28.5. The normalized spacial score (nSPS) is 10.2. The smallest absolute Gasteiger partial charge is 0.0704 e. The van der Waals surface area contributed by atoms with E-state index in [2.05, 4.69) is 166 Å². The third-order valence-electron chi connectivity index (χ3n) is 13.7. The second kappa shape index (κ2) is 29.7. The molecule has 15 aromatic rings. The fourth-order valence-electron chi connectivity index (χ4n) is 9.26. The maximum absolute atomic E-state index is 4.24. The fourth-order valence-corrected chi connectivity index (χ4v) is 9.26. The number of rotatable bonds is 0. The largest absolute Gasteiger partial charge is 0.265 e. The second-order valence-corrected chi connectivity index (χ2v) is 19.8. The molecule has 7 aromatic heterocycles. The molecular formula is C75H69N7. The average Bonchev–Trinajstić information content (AvgIpc) is 3.64. The molecule has 0 N–H and O–H groups in total. The summed E-state index contributed by atoms with van der Waals surface area (Å²) >= 11 is 0. The first-order valence-corrected chi connectivity index (χ1v) is 27.5. The second-order valence-electron chi connectivity index (χ2n) is 19.8. The van der Waals surface area contributed by atoms with Crippen molar-refractivity contribution in [2.24, 2.45) is 0 Å². The van der Waals surface area contributed by atoms with E-state index in [1.54, 1.807) is 24.8 Å². The number of aryl methyl sites for hydroxylation is 8. The molecule has 0 unspecified atom stereocenters. The van der Waals surface area contributed by atoms with Crippen molar-refractivity contribution in [3.05, 3.63) is 319 Å². The van der Waals surface area contributed by atoms with Gasteiger partial charge in [-0.05, 0) is 199 Å². The molecule has 0 fully saturated rings. The molecule has 15 rings (SSSR count). The van der Waals surface area contributed by atoms with E-state index in [9.17, 15) is 0 Å². The minimum absolute atomic E-state index is 1.07. The van der Waals surface area contributed by atoms with Gasteiger partial charge in [0.1, 0.15) is 0 Å². The number of hydrogen-bond donors (Lipinski definition) is 0. The minimum atomic E-state index is 1.07. The Labute approximate surface area is 482 Å². The zero-order valence-electron chi connectivity index (χ0n) is 48.1. The molecule has 7 heteroatoms. The van der Waals surface area contributed by atoms with Gasteiger partial charge in [-0.1, -0.05) is 146 Å². The molecule has 0 aliphatic rings. The fraction of sp³-hybridized carbons (Fsp3) is 0.107. The minimum Gasteiger partial charge on any atom is -0.265 e. The molecule has 404 valence electrons. The molecule has 8 aromatic carbocycles. The highest BCUT2D eigenvalue weighted by Crippen LogP contribution is 2.35. The molecular weight excluding hydrogens is 999 g/mol. The number of para-hydroxylation sites is 1. The van der Waals surface area contributed by atoms with Gasteiger partial charge in [-0.25, -0.2) is 0 Å². The van der Waals surface area contributed by atoms with Crippen LogP contribution >= 0.6 is 0 Å². The van der Waals surface area contributed by atoms with Crippen molar-refractivity contribution < 1.29 is 0 Å². The summed E-state index contributed by atoms with van der Waals surface area (Å²) in [5.41, 5.74) is 12.0. The standard InChI is InChI=1S/C17H12.4C10H9N.3C6H7N/c1-11-5-6-14-8-7-12-3-2-4-13-9-10-15(11)17(14)16(12)13;1-8-4-2-6-10-9(8)5-3-7-11-10;1-8-3-2-4-9-7-11-6-5-10(8)9;1-8-10-5-3-2-4-9(10)6-7-11-8;1-8-6-7-11-10-5-3-2-4-9(8)10;1-6-2-4-7-5-3-6;1-6-3-2-4-7-5-6;1-6-4-2-3-5-7-6/h2-10H,1H3;4*2-7H,1H3;3*2-5H,1H3. The van der Waals surface area contributed by atoms with Crippen LogP contribution in [0.5, 0.6) is 0 Å². The molecule has 0 amide bonds.